The summed E-state index contributed by atoms with van der Waals surface area (Å²) >= 11 is 0. The summed E-state index contributed by atoms with van der Waals surface area (Å²) in [6.07, 6.45) is 2.49. The van der Waals surface area contributed by atoms with Crippen LogP contribution in [0.4, 0.5) is 0 Å². The summed E-state index contributed by atoms with van der Waals surface area (Å²) in [5.41, 5.74) is -2.17. The highest BCUT2D eigenvalue weighted by molar-refractivity contribution is 7.89. The van der Waals surface area contributed by atoms with Gasteiger partial charge in [-0.1, -0.05) is 0 Å². The van der Waals surface area contributed by atoms with Crippen LogP contribution in [0, 0.1) is 0 Å². The fourth-order valence-electron chi connectivity index (χ4n) is 0.906. The van der Waals surface area contributed by atoms with Gasteiger partial charge in [-0.15, -0.1) is 0 Å². The molecule has 92 valence electrons. The fraction of sp³-hybridized carbons (Fsp3) is 0.667. The fourth-order valence-corrected chi connectivity index (χ4v) is 2.34. The molecular weight excluding hydrogens is 230 g/mol. The van der Waals surface area contributed by atoms with E-state index in [1.54, 1.807) is 27.7 Å². The molecule has 7 heteroatoms. The van der Waals surface area contributed by atoms with Gasteiger partial charge in [-0.3, -0.25) is 0 Å². The number of aromatic nitrogens is 2. The molecule has 0 aromatic carbocycles. The van der Waals surface area contributed by atoms with Crippen LogP contribution in [0.3, 0.4) is 0 Å². The van der Waals surface area contributed by atoms with Crippen molar-refractivity contribution >= 4 is 10.0 Å². The van der Waals surface area contributed by atoms with Gasteiger partial charge in [-0.2, -0.15) is 0 Å². The molecular formula is C9H17N3O3S. The first-order chi connectivity index (χ1) is 7.06. The molecule has 0 saturated heterocycles. The summed E-state index contributed by atoms with van der Waals surface area (Å²) in [6, 6.07) is 0. The van der Waals surface area contributed by atoms with Crippen molar-refractivity contribution in [2.45, 2.75) is 43.9 Å². The Bertz CT molecular complexity index is 443. The maximum absolute atomic E-state index is 11.9. The second kappa shape index (κ2) is 3.83. The Morgan fingerprint density at radius 3 is 2.31 bits per heavy atom. The van der Waals surface area contributed by atoms with E-state index in [4.69, 9.17) is 0 Å². The van der Waals surface area contributed by atoms with E-state index in [1.165, 1.54) is 12.5 Å². The second-order valence-corrected chi connectivity index (χ2v) is 6.36. The minimum atomic E-state index is -3.69. The van der Waals surface area contributed by atoms with Gasteiger partial charge in [0.1, 0.15) is 0 Å². The Hall–Kier alpha value is -0.920. The molecule has 6 nitrogen and oxygen atoms in total. The lowest BCUT2D eigenvalue weighted by Crippen LogP contribution is -2.57. The molecule has 0 aliphatic carbocycles. The molecule has 1 aromatic rings. The van der Waals surface area contributed by atoms with Gasteiger partial charge in [0, 0.05) is 0 Å². The maximum atomic E-state index is 11.9. The normalized spacial score (nSPS) is 14.1. The molecule has 16 heavy (non-hydrogen) atoms. The Kier molecular flexibility index (Phi) is 3.15. The number of hydrogen-bond donors (Lipinski definition) is 3. The van der Waals surface area contributed by atoms with Gasteiger partial charge >= 0.3 is 0 Å². The predicted molar refractivity (Wildman–Crippen MR) is 59.3 cm³/mol. The second-order valence-electron chi connectivity index (χ2n) is 4.71. The van der Waals surface area contributed by atoms with Crippen molar-refractivity contribution in [2.24, 2.45) is 0 Å². The molecule has 0 bridgehead atoms. The van der Waals surface area contributed by atoms with Crippen LogP contribution in [-0.2, 0) is 10.0 Å². The van der Waals surface area contributed by atoms with Crippen molar-refractivity contribution in [3.05, 3.63) is 12.5 Å². The third-order valence-corrected chi connectivity index (χ3v) is 4.26. The van der Waals surface area contributed by atoms with E-state index in [-0.39, 0.29) is 5.03 Å². The molecule has 0 amide bonds. The molecule has 0 aliphatic rings. The van der Waals surface area contributed by atoms with Gasteiger partial charge in [-0.05, 0) is 27.7 Å². The molecule has 0 atom stereocenters. The Labute approximate surface area is 95.2 Å². The summed E-state index contributed by atoms with van der Waals surface area (Å²) in [6.45, 7) is 6.31. The van der Waals surface area contributed by atoms with Crippen LogP contribution in [0.25, 0.3) is 0 Å². The number of aliphatic hydroxyl groups is 1. The minimum absolute atomic E-state index is 0.0233. The van der Waals surface area contributed by atoms with E-state index >= 15 is 0 Å². The molecule has 1 aromatic heterocycles. The Balaban J connectivity index is 2.99. The molecule has 1 heterocycles. The zero-order valence-corrected chi connectivity index (χ0v) is 10.6. The molecule has 0 radical (unpaired) electrons. The Morgan fingerprint density at radius 2 is 1.94 bits per heavy atom. The highest BCUT2D eigenvalue weighted by Crippen LogP contribution is 2.22. The van der Waals surface area contributed by atoms with Crippen LogP contribution in [-0.4, -0.2) is 34.6 Å². The number of sulfonamides is 1. The summed E-state index contributed by atoms with van der Waals surface area (Å²) in [5, 5.41) is 9.83. The average Bonchev–Trinajstić information content (AvgIpc) is 2.50. The molecule has 0 unspecified atom stereocenters. The third kappa shape index (κ3) is 2.60. The average molecular weight is 247 g/mol. The SMILES string of the molecule is CC(C)(O)C(C)(C)NS(=O)(=O)c1cnc[nH]1. The molecule has 0 saturated carbocycles. The van der Waals surface area contributed by atoms with E-state index in [0.717, 1.165) is 0 Å². The van der Waals surface area contributed by atoms with Gasteiger partial charge in [0.05, 0.1) is 23.7 Å². The summed E-state index contributed by atoms with van der Waals surface area (Å²) in [5.74, 6) is 0. The number of rotatable bonds is 4. The smallest absolute Gasteiger partial charge is 0.258 e. The van der Waals surface area contributed by atoms with Gasteiger partial charge in [0.2, 0.25) is 0 Å². The highest BCUT2D eigenvalue weighted by atomic mass is 32.2. The quantitative estimate of drug-likeness (QED) is 0.710. The van der Waals surface area contributed by atoms with Crippen LogP contribution >= 0.6 is 0 Å². The molecule has 0 aliphatic heterocycles. The van der Waals surface area contributed by atoms with Crippen LogP contribution < -0.4 is 4.72 Å². The van der Waals surface area contributed by atoms with Crippen LogP contribution in [0.2, 0.25) is 0 Å². The standard InChI is InChI=1S/C9H17N3O3S/c1-8(2,9(3,4)13)12-16(14,15)7-5-10-6-11-7/h5-6,12-13H,1-4H3,(H,10,11). The van der Waals surface area contributed by atoms with Crippen molar-refractivity contribution in [3.8, 4) is 0 Å². The molecule has 3 N–H and O–H groups in total. The number of nitrogens with one attached hydrogen (secondary N) is 2. The van der Waals surface area contributed by atoms with Crippen molar-refractivity contribution in [1.82, 2.24) is 14.7 Å². The van der Waals surface area contributed by atoms with Crippen molar-refractivity contribution in [1.29, 1.82) is 0 Å². The lowest BCUT2D eigenvalue weighted by Gasteiger charge is -2.37. The zero-order chi connectivity index (χ0) is 12.6. The third-order valence-electron chi connectivity index (χ3n) is 2.68. The first-order valence-electron chi connectivity index (χ1n) is 4.81. The molecule has 0 spiro atoms. The maximum Gasteiger partial charge on any atom is 0.258 e. The van der Waals surface area contributed by atoms with Crippen molar-refractivity contribution < 1.29 is 13.5 Å². The highest BCUT2D eigenvalue weighted by Gasteiger charge is 2.39. The van der Waals surface area contributed by atoms with E-state index < -0.39 is 21.2 Å². The van der Waals surface area contributed by atoms with Gasteiger partial charge < -0.3 is 10.1 Å². The topological polar surface area (TPSA) is 95.1 Å². The van der Waals surface area contributed by atoms with E-state index in [2.05, 4.69) is 14.7 Å². The van der Waals surface area contributed by atoms with Crippen LogP contribution in [0.5, 0.6) is 0 Å². The van der Waals surface area contributed by atoms with Gasteiger partial charge in [0.25, 0.3) is 10.0 Å². The zero-order valence-electron chi connectivity index (χ0n) is 9.77. The van der Waals surface area contributed by atoms with Crippen LogP contribution in [0.15, 0.2) is 17.6 Å². The summed E-state index contributed by atoms with van der Waals surface area (Å²) in [7, 11) is -3.69. The molecule has 0 fully saturated rings. The molecule has 1 rings (SSSR count). The summed E-state index contributed by atoms with van der Waals surface area (Å²) in [4.78, 5) is 6.15. The lowest BCUT2D eigenvalue weighted by molar-refractivity contribution is 0.00636. The lowest BCUT2D eigenvalue weighted by atomic mass is 9.87. The van der Waals surface area contributed by atoms with Gasteiger partial charge in [-0.25, -0.2) is 18.1 Å². The number of aromatic amines is 1. The monoisotopic (exact) mass is 247 g/mol. The number of imidazole rings is 1. The number of nitrogens with zero attached hydrogens (tertiary/aromatic N) is 1. The van der Waals surface area contributed by atoms with Crippen molar-refractivity contribution in [2.75, 3.05) is 0 Å². The first-order valence-corrected chi connectivity index (χ1v) is 6.29. The largest absolute Gasteiger partial charge is 0.389 e. The number of H-pyrrole nitrogens is 1. The van der Waals surface area contributed by atoms with Crippen LogP contribution in [0.1, 0.15) is 27.7 Å². The minimum Gasteiger partial charge on any atom is -0.389 e. The van der Waals surface area contributed by atoms with E-state index in [9.17, 15) is 13.5 Å². The summed E-state index contributed by atoms with van der Waals surface area (Å²) < 4.78 is 26.2. The van der Waals surface area contributed by atoms with E-state index in [1.807, 2.05) is 0 Å². The van der Waals surface area contributed by atoms with Gasteiger partial charge in [0.15, 0.2) is 5.03 Å². The number of hydrogen-bond acceptors (Lipinski definition) is 4. The van der Waals surface area contributed by atoms with E-state index in [0.29, 0.717) is 0 Å². The first kappa shape index (κ1) is 13.1. The Morgan fingerprint density at radius 1 is 1.38 bits per heavy atom. The van der Waals surface area contributed by atoms with Crippen molar-refractivity contribution in [3.63, 3.8) is 0 Å². The predicted octanol–water partition coefficient (Wildman–Crippen LogP) is 0.237.